The number of hydrogen-bond donors (Lipinski definition) is 6. The number of phenolic OH excluding ortho intramolecular Hbond substituents is 1. The van der Waals surface area contributed by atoms with E-state index in [9.17, 15) is 24.3 Å². The molecule has 0 aliphatic heterocycles. The van der Waals surface area contributed by atoms with Gasteiger partial charge in [-0.15, -0.1) is 0 Å². The van der Waals surface area contributed by atoms with Crippen LogP contribution in [0.1, 0.15) is 54.4 Å². The number of carbonyl (C=O) groups excluding carboxylic acids is 4. The lowest BCUT2D eigenvalue weighted by Crippen LogP contribution is -2.54. The van der Waals surface area contributed by atoms with E-state index in [-0.39, 0.29) is 18.8 Å². The zero-order chi connectivity index (χ0) is 34.1. The van der Waals surface area contributed by atoms with E-state index < -0.39 is 48.3 Å². The molecule has 0 spiro atoms. The minimum absolute atomic E-state index is 0.139. The van der Waals surface area contributed by atoms with Crippen molar-refractivity contribution in [1.29, 1.82) is 0 Å². The van der Waals surface area contributed by atoms with Crippen LogP contribution in [0.25, 0.3) is 0 Å². The van der Waals surface area contributed by atoms with E-state index in [0.717, 1.165) is 47.9 Å². The van der Waals surface area contributed by atoms with Gasteiger partial charge in [0.2, 0.25) is 23.6 Å². The molecule has 0 aliphatic carbocycles. The first kappa shape index (κ1) is 38.7. The normalized spacial score (nSPS) is 13.1. The van der Waals surface area contributed by atoms with Crippen LogP contribution in [0.2, 0.25) is 0 Å². The molecule has 11 nitrogen and oxygen atoms in total. The van der Waals surface area contributed by atoms with Crippen molar-refractivity contribution in [3.05, 3.63) is 64.7 Å². The fourth-order valence-electron chi connectivity index (χ4n) is 5.21. The summed E-state index contributed by atoms with van der Waals surface area (Å²) < 4.78 is 0. The zero-order valence-electron chi connectivity index (χ0n) is 27.5. The van der Waals surface area contributed by atoms with E-state index >= 15 is 0 Å². The molecule has 0 aliphatic rings. The zero-order valence-corrected chi connectivity index (χ0v) is 28.3. The molecule has 46 heavy (non-hydrogen) atoms. The molecule has 2 rings (SSSR count). The van der Waals surface area contributed by atoms with Gasteiger partial charge in [0.25, 0.3) is 0 Å². The van der Waals surface area contributed by atoms with Crippen molar-refractivity contribution >= 4 is 35.4 Å². The second kappa shape index (κ2) is 20.6. The number of amides is 4. The third-order valence-electron chi connectivity index (χ3n) is 7.90. The van der Waals surface area contributed by atoms with Gasteiger partial charge >= 0.3 is 0 Å². The lowest BCUT2D eigenvalue weighted by Gasteiger charge is -2.27. The highest BCUT2D eigenvalue weighted by Gasteiger charge is 2.27. The number of benzene rings is 2. The van der Waals surface area contributed by atoms with Crippen molar-refractivity contribution < 1.29 is 29.4 Å². The summed E-state index contributed by atoms with van der Waals surface area (Å²) in [5.74, 6) is -1.44. The Morgan fingerprint density at radius 2 is 1.59 bits per heavy atom. The number of rotatable bonds is 20. The quantitative estimate of drug-likeness (QED) is 0.116. The van der Waals surface area contributed by atoms with E-state index in [4.69, 9.17) is 10.8 Å². The summed E-state index contributed by atoms with van der Waals surface area (Å²) in [6, 6.07) is 10.3. The number of nitrogens with two attached hydrogens (primary N) is 1. The third kappa shape index (κ3) is 13.5. The largest absolute Gasteiger partial charge is 0.508 e. The summed E-state index contributed by atoms with van der Waals surface area (Å²) in [6.45, 7) is 4.04. The highest BCUT2D eigenvalue weighted by atomic mass is 32.2. The van der Waals surface area contributed by atoms with Crippen LogP contribution in [0.15, 0.2) is 42.5 Å². The van der Waals surface area contributed by atoms with Crippen molar-refractivity contribution in [1.82, 2.24) is 20.9 Å². The predicted octanol–water partition coefficient (Wildman–Crippen LogP) is 1.97. The number of thioether (sulfide) groups is 1. The van der Waals surface area contributed by atoms with E-state index in [1.54, 1.807) is 12.1 Å². The maximum absolute atomic E-state index is 13.3. The molecule has 7 N–H and O–H groups in total. The highest BCUT2D eigenvalue weighted by Crippen LogP contribution is 2.22. The Labute approximate surface area is 277 Å². The van der Waals surface area contributed by atoms with Crippen LogP contribution < -0.4 is 21.7 Å². The second-order valence-electron chi connectivity index (χ2n) is 11.7. The number of hydrogen-bond acceptors (Lipinski definition) is 9. The van der Waals surface area contributed by atoms with E-state index in [1.807, 2.05) is 62.4 Å². The van der Waals surface area contributed by atoms with E-state index in [2.05, 4.69) is 16.0 Å². The van der Waals surface area contributed by atoms with Crippen LogP contribution in [0.5, 0.6) is 5.75 Å². The van der Waals surface area contributed by atoms with Gasteiger partial charge in [-0.3, -0.25) is 29.4 Å². The Hall–Kier alpha value is -3.45. The Morgan fingerprint density at radius 1 is 0.935 bits per heavy atom. The van der Waals surface area contributed by atoms with Crippen LogP contribution in [0.4, 0.5) is 0 Å². The maximum Gasteiger partial charge on any atom is 0.245 e. The number of aliphatic hydroxyl groups excluding tert-OH is 1. The van der Waals surface area contributed by atoms with Crippen LogP contribution in [-0.4, -0.2) is 95.6 Å². The van der Waals surface area contributed by atoms with Gasteiger partial charge in [-0.2, -0.15) is 11.8 Å². The summed E-state index contributed by atoms with van der Waals surface area (Å²) in [5.41, 5.74) is 9.65. The smallest absolute Gasteiger partial charge is 0.245 e. The average Bonchev–Trinajstić information content (AvgIpc) is 3.02. The van der Waals surface area contributed by atoms with E-state index in [0.29, 0.717) is 25.1 Å². The van der Waals surface area contributed by atoms with Crippen LogP contribution >= 0.6 is 11.8 Å². The summed E-state index contributed by atoms with van der Waals surface area (Å²) in [4.78, 5) is 54.1. The number of nitrogens with one attached hydrogen (secondary N) is 3. The Balaban J connectivity index is 1.99. The number of nitrogens with zero attached hydrogens (tertiary/aromatic N) is 1. The lowest BCUT2D eigenvalue weighted by molar-refractivity contribution is -0.134. The van der Waals surface area contributed by atoms with Crippen LogP contribution in [0, 0.1) is 13.8 Å². The first-order valence-electron chi connectivity index (χ1n) is 15.8. The molecule has 254 valence electrons. The van der Waals surface area contributed by atoms with Gasteiger partial charge in [-0.05, 0) is 106 Å². The summed E-state index contributed by atoms with van der Waals surface area (Å²) >= 11 is 1.51. The molecule has 2 aromatic rings. The van der Waals surface area contributed by atoms with Crippen molar-refractivity contribution in [2.45, 2.75) is 76.9 Å². The Bertz CT molecular complexity index is 1250. The lowest BCUT2D eigenvalue weighted by atomic mass is 9.96. The molecular weight excluding hydrogens is 606 g/mol. The van der Waals surface area contributed by atoms with Crippen molar-refractivity contribution in [2.24, 2.45) is 5.73 Å². The van der Waals surface area contributed by atoms with Gasteiger partial charge in [-0.1, -0.05) is 43.2 Å². The Morgan fingerprint density at radius 3 is 2.22 bits per heavy atom. The SMILES string of the molecule is CSCC[C@@H](NC(=O)[C@@H](N)Cc1c(C)cc(O)cc1C)C(=O)NCC(=O)NC(=O)[C@H](Cc1ccccc1)N(C)CCCCCCO. The number of unbranched alkanes of at least 4 members (excludes halogenated alkanes) is 3. The minimum Gasteiger partial charge on any atom is -0.508 e. The summed E-state index contributed by atoms with van der Waals surface area (Å²) in [5, 5.41) is 26.5. The molecule has 2 aromatic carbocycles. The van der Waals surface area contributed by atoms with Gasteiger partial charge in [0.15, 0.2) is 0 Å². The standard InChI is InChI=1S/C34H51N5O6S/c1-23-18-26(41)19-24(2)27(23)21-28(35)32(43)37-29(14-17-46-4)33(44)36-22-31(42)38-34(45)30(20-25-12-8-7-9-13-25)39(3)15-10-5-6-11-16-40/h7-9,12-13,18-19,28-30,40-41H,5-6,10-11,14-17,20-22,35H2,1-4H3,(H,36,44)(H,37,43)(H,38,42,45)/t28-,29+,30-/m0/s1. The topological polar surface area (TPSA) is 174 Å². The number of aromatic hydroxyl groups is 1. The van der Waals surface area contributed by atoms with Gasteiger partial charge < -0.3 is 26.6 Å². The monoisotopic (exact) mass is 657 g/mol. The second-order valence-corrected chi connectivity index (χ2v) is 12.7. The summed E-state index contributed by atoms with van der Waals surface area (Å²) in [6.07, 6.45) is 6.26. The molecule has 0 saturated heterocycles. The minimum atomic E-state index is -0.930. The number of imide groups is 1. The molecule has 0 fully saturated rings. The first-order valence-corrected chi connectivity index (χ1v) is 17.2. The third-order valence-corrected chi connectivity index (χ3v) is 8.54. The van der Waals surface area contributed by atoms with Crippen molar-refractivity contribution in [3.63, 3.8) is 0 Å². The van der Waals surface area contributed by atoms with E-state index in [1.165, 1.54) is 11.8 Å². The van der Waals surface area contributed by atoms with Gasteiger partial charge in [0.1, 0.15) is 11.8 Å². The number of likely N-dealkylation sites (N-methyl/N-ethyl adjacent to an activating group) is 1. The summed E-state index contributed by atoms with van der Waals surface area (Å²) in [7, 11) is 1.85. The molecule has 4 amide bonds. The predicted molar refractivity (Wildman–Crippen MR) is 182 cm³/mol. The molecule has 0 radical (unpaired) electrons. The molecule has 0 saturated carbocycles. The first-order chi connectivity index (χ1) is 22.0. The van der Waals surface area contributed by atoms with Crippen LogP contribution in [0.3, 0.4) is 0 Å². The fourth-order valence-corrected chi connectivity index (χ4v) is 5.68. The molecule has 0 bridgehead atoms. The number of phenols is 1. The maximum atomic E-state index is 13.3. The number of aliphatic hydroxyl groups is 1. The highest BCUT2D eigenvalue weighted by molar-refractivity contribution is 7.98. The van der Waals surface area contributed by atoms with Crippen molar-refractivity contribution in [2.75, 3.05) is 38.8 Å². The number of aryl methyl sites for hydroxylation is 2. The van der Waals surface area contributed by atoms with Gasteiger partial charge in [0, 0.05) is 6.61 Å². The molecule has 3 atom stereocenters. The molecule has 12 heteroatoms. The molecule has 0 unspecified atom stereocenters. The Kier molecular flexibility index (Phi) is 17.4. The fraction of sp³-hybridized carbons (Fsp3) is 0.529. The molecule has 0 aromatic heterocycles. The number of carbonyl (C=O) groups is 4. The van der Waals surface area contributed by atoms with Gasteiger partial charge in [-0.25, -0.2) is 0 Å². The average molecular weight is 658 g/mol. The molecular formula is C34H51N5O6S. The van der Waals surface area contributed by atoms with Crippen LogP contribution in [-0.2, 0) is 32.0 Å². The van der Waals surface area contributed by atoms with Gasteiger partial charge in [0.05, 0.1) is 18.6 Å². The molecule has 0 heterocycles. The van der Waals surface area contributed by atoms with Crippen molar-refractivity contribution in [3.8, 4) is 5.75 Å².